The molecule has 0 radical (unpaired) electrons. The molecule has 6 aromatic rings. The summed E-state index contributed by atoms with van der Waals surface area (Å²) in [6, 6.07) is 16.5. The second-order valence-corrected chi connectivity index (χ2v) is 13.6. The average molecular weight is 659 g/mol. The molecule has 2 aliphatic rings. The lowest BCUT2D eigenvalue weighted by Crippen LogP contribution is -2.43. The Morgan fingerprint density at radius 2 is 1.80 bits per heavy atom. The summed E-state index contributed by atoms with van der Waals surface area (Å²) < 4.78 is 12.3. The van der Waals surface area contributed by atoms with E-state index in [1.165, 1.54) is 0 Å². The van der Waals surface area contributed by atoms with Crippen LogP contribution in [0.1, 0.15) is 73.6 Å². The number of fused-ring (bicyclic) bond motifs is 3. The molecule has 0 bridgehead atoms. The van der Waals surface area contributed by atoms with Gasteiger partial charge < -0.3 is 29.5 Å². The number of hydrogen-bond donors (Lipinski definition) is 2. The molecule has 0 spiro atoms. The minimum atomic E-state index is -0.207. The second kappa shape index (κ2) is 12.3. The van der Waals surface area contributed by atoms with E-state index in [-0.39, 0.29) is 5.91 Å². The highest BCUT2D eigenvalue weighted by molar-refractivity contribution is 6.07. The van der Waals surface area contributed by atoms with E-state index in [0.29, 0.717) is 41.0 Å². The molecule has 12 heteroatoms. The number of carbonyl (C=O) groups is 1. The Morgan fingerprint density at radius 1 is 1.00 bits per heavy atom. The Hall–Kier alpha value is -5.23. The molecule has 8 rings (SSSR count). The van der Waals surface area contributed by atoms with E-state index in [2.05, 4.69) is 54.6 Å². The van der Waals surface area contributed by atoms with Crippen LogP contribution in [0.2, 0.25) is 0 Å². The van der Waals surface area contributed by atoms with E-state index in [4.69, 9.17) is 15.5 Å². The van der Waals surface area contributed by atoms with E-state index in [0.717, 1.165) is 90.0 Å². The second-order valence-electron chi connectivity index (χ2n) is 13.6. The first-order valence-electron chi connectivity index (χ1n) is 17.1. The number of aromatic nitrogens is 7. The number of aryl methyl sites for hydroxylation is 1. The molecule has 1 saturated carbocycles. The number of nitrogens with one attached hydrogen (secondary N) is 1. The molecule has 2 aromatic carbocycles. The third kappa shape index (κ3) is 5.40. The molecule has 12 nitrogen and oxygen atoms in total. The number of carbonyl (C=O) groups excluding carboxylic acids is 1. The molecule has 0 unspecified atom stereocenters. The van der Waals surface area contributed by atoms with Crippen molar-refractivity contribution >= 4 is 39.3 Å². The number of hydrogen-bond acceptors (Lipinski definition) is 8. The van der Waals surface area contributed by atoms with E-state index < -0.39 is 0 Å². The van der Waals surface area contributed by atoms with Crippen molar-refractivity contribution in [1.82, 2.24) is 38.8 Å². The van der Waals surface area contributed by atoms with Gasteiger partial charge in [0.05, 0.1) is 24.7 Å². The van der Waals surface area contributed by atoms with Crippen LogP contribution in [0, 0.1) is 0 Å². The largest absolute Gasteiger partial charge is 0.495 e. The van der Waals surface area contributed by atoms with Crippen molar-refractivity contribution in [2.24, 2.45) is 7.05 Å². The highest BCUT2D eigenvalue weighted by Gasteiger charge is 2.32. The first-order chi connectivity index (χ1) is 23.8. The maximum atomic E-state index is 13.4. The number of ether oxygens (including phenoxy) is 1. The first kappa shape index (κ1) is 31.1. The fraction of sp³-hybridized carbons (Fsp3) is 0.378. The zero-order valence-electron chi connectivity index (χ0n) is 28.4. The van der Waals surface area contributed by atoms with Crippen molar-refractivity contribution in [3.8, 4) is 16.9 Å². The Balaban J connectivity index is 1.03. The number of nitrogens with two attached hydrogens (primary N) is 1. The zero-order chi connectivity index (χ0) is 33.8. The quantitative estimate of drug-likeness (QED) is 0.209. The SMILES string of the molecule is COc1cc(-c2cn([C@H]3CC[C@H](N4CCn5c(nnc5C(C)C)C4)CC3)c3ncnc(N)c23)ccc1NC(=O)c1cc2ccccc2n1C. The molecule has 252 valence electrons. The summed E-state index contributed by atoms with van der Waals surface area (Å²) in [6.07, 6.45) is 8.00. The molecular weight excluding hydrogens is 616 g/mol. The molecule has 5 heterocycles. The number of methoxy groups -OCH3 is 1. The highest BCUT2D eigenvalue weighted by atomic mass is 16.5. The summed E-state index contributed by atoms with van der Waals surface area (Å²) in [7, 11) is 3.51. The van der Waals surface area contributed by atoms with E-state index in [1.807, 2.05) is 60.1 Å². The number of nitrogen functional groups attached to an aromatic ring is 1. The Kier molecular flexibility index (Phi) is 7.82. The predicted molar refractivity (Wildman–Crippen MR) is 191 cm³/mol. The van der Waals surface area contributed by atoms with E-state index >= 15 is 0 Å². The molecule has 49 heavy (non-hydrogen) atoms. The van der Waals surface area contributed by atoms with Crippen LogP contribution in [0.15, 0.2) is 61.1 Å². The van der Waals surface area contributed by atoms with Gasteiger partial charge in [0.25, 0.3) is 5.91 Å². The Bertz CT molecular complexity index is 2190. The van der Waals surface area contributed by atoms with Crippen molar-refractivity contribution in [2.75, 3.05) is 24.7 Å². The van der Waals surface area contributed by atoms with Crippen LogP contribution in [-0.2, 0) is 20.1 Å². The fourth-order valence-corrected chi connectivity index (χ4v) is 7.90. The van der Waals surface area contributed by atoms with Crippen LogP contribution in [0.4, 0.5) is 11.5 Å². The van der Waals surface area contributed by atoms with Gasteiger partial charge >= 0.3 is 0 Å². The lowest BCUT2D eigenvalue weighted by molar-refractivity contribution is 0.101. The molecule has 3 N–H and O–H groups in total. The van der Waals surface area contributed by atoms with Crippen LogP contribution < -0.4 is 15.8 Å². The predicted octanol–water partition coefficient (Wildman–Crippen LogP) is 6.15. The number of amides is 1. The maximum Gasteiger partial charge on any atom is 0.272 e. The van der Waals surface area contributed by atoms with Crippen LogP contribution in [0.5, 0.6) is 5.75 Å². The highest BCUT2D eigenvalue weighted by Crippen LogP contribution is 2.41. The normalized spacial score (nSPS) is 18.3. The number of benzene rings is 2. The monoisotopic (exact) mass is 658 g/mol. The molecule has 1 aliphatic carbocycles. The first-order valence-corrected chi connectivity index (χ1v) is 17.1. The minimum absolute atomic E-state index is 0.207. The van der Waals surface area contributed by atoms with E-state index in [1.54, 1.807) is 13.4 Å². The lowest BCUT2D eigenvalue weighted by atomic mass is 9.89. The van der Waals surface area contributed by atoms with Gasteiger partial charge in [0, 0.05) is 60.8 Å². The summed E-state index contributed by atoms with van der Waals surface area (Å²) in [5.41, 5.74) is 11.4. The number of para-hydroxylation sites is 1. The van der Waals surface area contributed by atoms with Gasteiger partial charge in [0.15, 0.2) is 0 Å². The molecule has 1 fully saturated rings. The fourth-order valence-electron chi connectivity index (χ4n) is 7.90. The molecule has 4 aromatic heterocycles. The van der Waals surface area contributed by atoms with Crippen molar-refractivity contribution < 1.29 is 9.53 Å². The Morgan fingerprint density at radius 3 is 2.57 bits per heavy atom. The maximum absolute atomic E-state index is 13.4. The number of anilines is 2. The van der Waals surface area contributed by atoms with Crippen molar-refractivity contribution in [3.63, 3.8) is 0 Å². The van der Waals surface area contributed by atoms with Crippen molar-refractivity contribution in [1.29, 1.82) is 0 Å². The zero-order valence-corrected chi connectivity index (χ0v) is 28.4. The number of rotatable bonds is 7. The van der Waals surface area contributed by atoms with E-state index in [9.17, 15) is 4.79 Å². The average Bonchev–Trinajstić information content (AvgIpc) is 3.83. The van der Waals surface area contributed by atoms with Gasteiger partial charge in [0.2, 0.25) is 0 Å². The summed E-state index contributed by atoms with van der Waals surface area (Å²) in [6.45, 7) is 7.20. The molecular formula is C37H42N10O2. The van der Waals surface area contributed by atoms with Crippen LogP contribution in [0.25, 0.3) is 33.1 Å². The topological polar surface area (TPSA) is 134 Å². The van der Waals surface area contributed by atoms with Gasteiger partial charge in [-0.15, -0.1) is 10.2 Å². The van der Waals surface area contributed by atoms with Crippen LogP contribution in [-0.4, -0.2) is 64.4 Å². The summed E-state index contributed by atoms with van der Waals surface area (Å²) in [5.74, 6) is 3.34. The molecule has 1 aliphatic heterocycles. The Labute approximate surface area is 284 Å². The van der Waals surface area contributed by atoms with Crippen LogP contribution in [0.3, 0.4) is 0 Å². The lowest BCUT2D eigenvalue weighted by Gasteiger charge is -2.39. The van der Waals surface area contributed by atoms with Crippen molar-refractivity contribution in [2.45, 2.75) is 70.6 Å². The van der Waals surface area contributed by atoms with Gasteiger partial charge in [-0.2, -0.15) is 0 Å². The number of nitrogens with zero attached hydrogens (tertiary/aromatic N) is 8. The third-order valence-electron chi connectivity index (χ3n) is 10.5. The molecule has 0 atom stereocenters. The summed E-state index contributed by atoms with van der Waals surface area (Å²) >= 11 is 0. The molecule has 1 amide bonds. The van der Waals surface area contributed by atoms with Gasteiger partial charge in [-0.05, 0) is 55.5 Å². The van der Waals surface area contributed by atoms with Gasteiger partial charge in [0.1, 0.15) is 40.9 Å². The summed E-state index contributed by atoms with van der Waals surface area (Å²) in [4.78, 5) is 25.1. The van der Waals surface area contributed by atoms with Crippen LogP contribution >= 0.6 is 0 Å². The smallest absolute Gasteiger partial charge is 0.272 e. The van der Waals surface area contributed by atoms with Crippen molar-refractivity contribution in [3.05, 3.63) is 78.4 Å². The third-order valence-corrected chi connectivity index (χ3v) is 10.5. The standard InChI is InChI=1S/C37H42N10O2/c1-22(2)35-43-42-32-20-45(15-16-46(32)35)25-10-12-26(13-11-25)47-19-27(33-34(38)39-21-40-36(33)47)23-9-14-28(31(18-23)49-4)41-37(48)30-17-24-7-5-6-8-29(24)44(30)3/h5-9,14,17-19,21-22,25-26H,10-13,15-16,20H2,1-4H3,(H,41,48)(H2,38,39,40)/t25-,26-. The van der Waals surface area contributed by atoms with Gasteiger partial charge in [-0.1, -0.05) is 38.1 Å². The molecule has 0 saturated heterocycles. The summed E-state index contributed by atoms with van der Waals surface area (Å²) in [5, 5.41) is 13.9. The van der Waals surface area contributed by atoms with Gasteiger partial charge in [-0.3, -0.25) is 9.69 Å². The minimum Gasteiger partial charge on any atom is -0.495 e. The van der Waals surface area contributed by atoms with Gasteiger partial charge in [-0.25, -0.2) is 9.97 Å².